The quantitative estimate of drug-likeness (QED) is 0.812. The summed E-state index contributed by atoms with van der Waals surface area (Å²) < 4.78 is 0. The van der Waals surface area contributed by atoms with Crippen LogP contribution in [0, 0.1) is 6.92 Å². The Kier molecular flexibility index (Phi) is 4.54. The lowest BCUT2D eigenvalue weighted by atomic mass is 9.94. The molecular weight excluding hydrogens is 232 g/mol. The summed E-state index contributed by atoms with van der Waals surface area (Å²) in [7, 11) is 0. The van der Waals surface area contributed by atoms with E-state index in [2.05, 4.69) is 15.7 Å². The number of aromatic nitrogens is 1. The first kappa shape index (κ1) is 13.0. The number of nitrogens with one attached hydrogen (secondary N) is 1. The van der Waals surface area contributed by atoms with Crippen LogP contribution in [0.3, 0.4) is 0 Å². The molecule has 2 N–H and O–H groups in total. The first-order chi connectivity index (χ1) is 8.18. The summed E-state index contributed by atoms with van der Waals surface area (Å²) >= 11 is 1.68. The fourth-order valence-electron chi connectivity index (χ4n) is 2.48. The molecule has 1 aliphatic rings. The highest BCUT2D eigenvalue weighted by molar-refractivity contribution is 7.09. The molecule has 17 heavy (non-hydrogen) atoms. The summed E-state index contributed by atoms with van der Waals surface area (Å²) in [5, 5.41) is 17.0. The zero-order valence-corrected chi connectivity index (χ0v) is 11.4. The predicted molar refractivity (Wildman–Crippen MR) is 71.2 cm³/mol. The number of hydrogen-bond acceptors (Lipinski definition) is 4. The Morgan fingerprint density at radius 1 is 1.35 bits per heavy atom. The van der Waals surface area contributed by atoms with Crippen LogP contribution in [0.1, 0.15) is 49.2 Å². The number of thiazole rings is 1. The Morgan fingerprint density at radius 3 is 2.65 bits per heavy atom. The second-order valence-corrected chi connectivity index (χ2v) is 6.16. The van der Waals surface area contributed by atoms with E-state index in [0.29, 0.717) is 6.54 Å². The van der Waals surface area contributed by atoms with Crippen LogP contribution >= 0.6 is 11.3 Å². The highest BCUT2D eigenvalue weighted by atomic mass is 32.1. The van der Waals surface area contributed by atoms with E-state index in [1.807, 2.05) is 6.92 Å². The van der Waals surface area contributed by atoms with Gasteiger partial charge in [-0.2, -0.15) is 0 Å². The lowest BCUT2D eigenvalue weighted by Crippen LogP contribution is -2.39. The van der Waals surface area contributed by atoms with Crippen molar-refractivity contribution < 1.29 is 5.11 Å². The highest BCUT2D eigenvalue weighted by Gasteiger charge is 2.27. The van der Waals surface area contributed by atoms with Crippen LogP contribution in [0.5, 0.6) is 0 Å². The zero-order chi connectivity index (χ0) is 12.1. The average molecular weight is 254 g/mol. The van der Waals surface area contributed by atoms with Crippen molar-refractivity contribution in [1.82, 2.24) is 10.3 Å². The molecule has 1 fully saturated rings. The SMILES string of the molecule is Cc1nc(CNCC2(O)CCCCCC2)cs1. The smallest absolute Gasteiger partial charge is 0.0897 e. The van der Waals surface area contributed by atoms with Crippen LogP contribution in [-0.2, 0) is 6.54 Å². The van der Waals surface area contributed by atoms with E-state index < -0.39 is 5.60 Å². The molecule has 0 amide bonds. The van der Waals surface area contributed by atoms with Crippen LogP contribution in [0.4, 0.5) is 0 Å². The number of rotatable bonds is 4. The van der Waals surface area contributed by atoms with Gasteiger partial charge in [0.2, 0.25) is 0 Å². The maximum absolute atomic E-state index is 10.5. The van der Waals surface area contributed by atoms with Crippen molar-refractivity contribution in [3.05, 3.63) is 16.1 Å². The summed E-state index contributed by atoms with van der Waals surface area (Å²) in [5.74, 6) is 0. The Balaban J connectivity index is 1.76. The zero-order valence-electron chi connectivity index (χ0n) is 10.5. The summed E-state index contributed by atoms with van der Waals surface area (Å²) in [4.78, 5) is 4.41. The van der Waals surface area contributed by atoms with Crippen LogP contribution in [0.15, 0.2) is 5.38 Å². The van der Waals surface area contributed by atoms with Crippen molar-refractivity contribution in [3.63, 3.8) is 0 Å². The lowest BCUT2D eigenvalue weighted by Gasteiger charge is -2.26. The maximum atomic E-state index is 10.5. The van der Waals surface area contributed by atoms with E-state index in [1.165, 1.54) is 12.8 Å². The number of nitrogens with zero attached hydrogens (tertiary/aromatic N) is 1. The molecule has 0 radical (unpaired) electrons. The minimum absolute atomic E-state index is 0.485. The normalized spacial score (nSPS) is 20.1. The molecule has 3 nitrogen and oxygen atoms in total. The standard InChI is InChI=1S/C13H22N2OS/c1-11-15-12(9-17-11)8-14-10-13(16)6-4-2-3-5-7-13/h9,14,16H,2-8,10H2,1H3. The van der Waals surface area contributed by atoms with E-state index in [4.69, 9.17) is 0 Å². The molecule has 1 aromatic heterocycles. The second kappa shape index (κ2) is 5.94. The first-order valence-corrected chi connectivity index (χ1v) is 7.40. The van der Waals surface area contributed by atoms with Gasteiger partial charge in [-0.3, -0.25) is 0 Å². The third-order valence-electron chi connectivity index (χ3n) is 3.46. The molecular formula is C13H22N2OS. The molecule has 0 aliphatic heterocycles. The Hall–Kier alpha value is -0.450. The van der Waals surface area contributed by atoms with Gasteiger partial charge in [-0.15, -0.1) is 11.3 Å². The topological polar surface area (TPSA) is 45.2 Å². The van der Waals surface area contributed by atoms with Gasteiger partial charge in [0.25, 0.3) is 0 Å². The molecule has 0 aromatic carbocycles. The van der Waals surface area contributed by atoms with Gasteiger partial charge < -0.3 is 10.4 Å². The predicted octanol–water partition coefficient (Wildman–Crippen LogP) is 2.63. The van der Waals surface area contributed by atoms with Gasteiger partial charge in [0, 0.05) is 18.5 Å². The summed E-state index contributed by atoms with van der Waals surface area (Å²) in [6.07, 6.45) is 6.75. The van der Waals surface area contributed by atoms with Crippen molar-refractivity contribution in [2.75, 3.05) is 6.54 Å². The minimum atomic E-state index is -0.485. The molecule has 1 aromatic rings. The second-order valence-electron chi connectivity index (χ2n) is 5.10. The molecule has 2 rings (SSSR count). The first-order valence-electron chi connectivity index (χ1n) is 6.52. The van der Waals surface area contributed by atoms with Crippen molar-refractivity contribution in [2.45, 2.75) is 57.6 Å². The number of aliphatic hydroxyl groups is 1. The Bertz CT molecular complexity index is 343. The molecule has 1 saturated carbocycles. The van der Waals surface area contributed by atoms with Crippen molar-refractivity contribution in [1.29, 1.82) is 0 Å². The van der Waals surface area contributed by atoms with E-state index >= 15 is 0 Å². The van der Waals surface area contributed by atoms with Gasteiger partial charge in [-0.25, -0.2) is 4.98 Å². The molecule has 0 unspecified atom stereocenters. The molecule has 0 spiro atoms. The van der Waals surface area contributed by atoms with Crippen molar-refractivity contribution in [2.24, 2.45) is 0 Å². The van der Waals surface area contributed by atoms with E-state index in [0.717, 1.165) is 42.9 Å². The van der Waals surface area contributed by atoms with Gasteiger partial charge in [-0.05, 0) is 19.8 Å². The largest absolute Gasteiger partial charge is 0.389 e. The van der Waals surface area contributed by atoms with Crippen LogP contribution in [-0.4, -0.2) is 22.2 Å². The maximum Gasteiger partial charge on any atom is 0.0897 e. The third-order valence-corrected chi connectivity index (χ3v) is 4.28. The number of hydrogen-bond donors (Lipinski definition) is 2. The molecule has 4 heteroatoms. The fourth-order valence-corrected chi connectivity index (χ4v) is 3.09. The van der Waals surface area contributed by atoms with Gasteiger partial charge in [0.1, 0.15) is 0 Å². The highest BCUT2D eigenvalue weighted by Crippen LogP contribution is 2.26. The van der Waals surface area contributed by atoms with E-state index in [9.17, 15) is 5.11 Å². The van der Waals surface area contributed by atoms with Crippen molar-refractivity contribution in [3.8, 4) is 0 Å². The lowest BCUT2D eigenvalue weighted by molar-refractivity contribution is 0.0250. The number of aryl methyl sites for hydroxylation is 1. The van der Waals surface area contributed by atoms with Crippen LogP contribution in [0.2, 0.25) is 0 Å². The van der Waals surface area contributed by atoms with Gasteiger partial charge in [0.15, 0.2) is 0 Å². The average Bonchev–Trinajstić information content (AvgIpc) is 2.58. The molecule has 0 atom stereocenters. The molecule has 0 bridgehead atoms. The van der Waals surface area contributed by atoms with E-state index in [-0.39, 0.29) is 0 Å². The third kappa shape index (κ3) is 4.05. The van der Waals surface area contributed by atoms with Crippen molar-refractivity contribution >= 4 is 11.3 Å². The Labute approximate surface area is 107 Å². The summed E-state index contributed by atoms with van der Waals surface area (Å²) in [6, 6.07) is 0. The molecule has 1 heterocycles. The van der Waals surface area contributed by atoms with Gasteiger partial charge in [-0.1, -0.05) is 25.7 Å². The van der Waals surface area contributed by atoms with E-state index in [1.54, 1.807) is 11.3 Å². The fraction of sp³-hybridized carbons (Fsp3) is 0.769. The Morgan fingerprint density at radius 2 is 2.06 bits per heavy atom. The summed E-state index contributed by atoms with van der Waals surface area (Å²) in [5.41, 5.74) is 0.603. The van der Waals surface area contributed by atoms with Crippen LogP contribution < -0.4 is 5.32 Å². The van der Waals surface area contributed by atoms with Gasteiger partial charge >= 0.3 is 0 Å². The molecule has 1 aliphatic carbocycles. The van der Waals surface area contributed by atoms with Crippen LogP contribution in [0.25, 0.3) is 0 Å². The molecule has 96 valence electrons. The minimum Gasteiger partial charge on any atom is -0.389 e. The molecule has 0 saturated heterocycles. The van der Waals surface area contributed by atoms with Gasteiger partial charge in [0.05, 0.1) is 16.3 Å². The summed E-state index contributed by atoms with van der Waals surface area (Å²) in [6.45, 7) is 3.49. The monoisotopic (exact) mass is 254 g/mol.